The molecule has 0 fully saturated rings. The van der Waals surface area contributed by atoms with Gasteiger partial charge in [0.2, 0.25) is 0 Å². The Bertz CT molecular complexity index is 1200. The van der Waals surface area contributed by atoms with Crippen molar-refractivity contribution in [3.63, 3.8) is 0 Å². The van der Waals surface area contributed by atoms with Gasteiger partial charge in [0.1, 0.15) is 5.66 Å². The zero-order valence-corrected chi connectivity index (χ0v) is 19.0. The molecule has 0 amide bonds. The molecular formula is C24H23F2O3PS. The molecule has 1 unspecified atom stereocenters. The minimum absolute atomic E-state index is 0.200. The number of rotatable bonds is 9. The summed E-state index contributed by atoms with van der Waals surface area (Å²) in [5.41, 5.74) is 1.92. The molecule has 4 rings (SSSR count). The Labute approximate surface area is 184 Å². The van der Waals surface area contributed by atoms with Crippen LogP contribution in [0.15, 0.2) is 60.7 Å². The fraction of sp³-hybridized carbons (Fsp3) is 0.250. The van der Waals surface area contributed by atoms with Gasteiger partial charge in [0.05, 0.1) is 13.2 Å². The van der Waals surface area contributed by atoms with Crippen molar-refractivity contribution in [3.8, 4) is 0 Å². The molecule has 0 radical (unpaired) electrons. The van der Waals surface area contributed by atoms with Gasteiger partial charge in [-0.25, -0.2) is 8.78 Å². The van der Waals surface area contributed by atoms with Crippen molar-refractivity contribution in [3.05, 3.63) is 88.3 Å². The first kappa shape index (κ1) is 22.1. The van der Waals surface area contributed by atoms with Crippen LogP contribution in [-0.2, 0) is 20.0 Å². The van der Waals surface area contributed by atoms with E-state index in [2.05, 4.69) is 0 Å². The second kappa shape index (κ2) is 9.17. The fourth-order valence-electron chi connectivity index (χ4n) is 3.77. The van der Waals surface area contributed by atoms with Crippen LogP contribution in [-0.4, -0.2) is 13.2 Å². The van der Waals surface area contributed by atoms with E-state index in [0.29, 0.717) is 5.56 Å². The van der Waals surface area contributed by atoms with Crippen molar-refractivity contribution < 1.29 is 22.4 Å². The Morgan fingerprint density at radius 3 is 2.35 bits per heavy atom. The first-order valence-electron chi connectivity index (χ1n) is 10.2. The standard InChI is InChI=1S/C24H23F2O3PS/c1-3-28-30(27,29-4-2)21(15-16-12-13-19(25)20(26)14-16)24-23(17-8-7-9-17)18-10-5-6-11-22(18)31-24/h5-14,21H,3-4,15H2,1-2H3. The molecule has 31 heavy (non-hydrogen) atoms. The molecule has 0 saturated carbocycles. The minimum atomic E-state index is -3.61. The van der Waals surface area contributed by atoms with Gasteiger partial charge in [-0.15, -0.1) is 11.3 Å². The van der Waals surface area contributed by atoms with E-state index < -0.39 is 24.9 Å². The largest absolute Gasteiger partial charge is 0.339 e. The highest BCUT2D eigenvalue weighted by Gasteiger charge is 2.40. The van der Waals surface area contributed by atoms with Gasteiger partial charge in [0.25, 0.3) is 0 Å². The average molecular weight is 460 g/mol. The lowest BCUT2D eigenvalue weighted by atomic mass is 9.94. The van der Waals surface area contributed by atoms with Crippen LogP contribution in [0.2, 0.25) is 0 Å². The van der Waals surface area contributed by atoms with Crippen LogP contribution in [0.1, 0.15) is 35.5 Å². The highest BCUT2D eigenvalue weighted by molar-refractivity contribution is 7.54. The highest BCUT2D eigenvalue weighted by atomic mass is 32.1. The van der Waals surface area contributed by atoms with Gasteiger partial charge in [-0.05, 0) is 49.6 Å². The summed E-state index contributed by atoms with van der Waals surface area (Å²) >= 11 is 1.54. The Kier molecular flexibility index (Phi) is 6.54. The molecule has 0 spiro atoms. The van der Waals surface area contributed by atoms with Crippen LogP contribution in [0.4, 0.5) is 8.78 Å². The molecule has 1 aliphatic rings. The third-order valence-corrected chi connectivity index (χ3v) is 9.08. The van der Waals surface area contributed by atoms with Gasteiger partial charge >= 0.3 is 7.60 Å². The van der Waals surface area contributed by atoms with Crippen molar-refractivity contribution in [1.82, 2.24) is 0 Å². The van der Waals surface area contributed by atoms with Gasteiger partial charge < -0.3 is 9.05 Å². The summed E-state index contributed by atoms with van der Waals surface area (Å²) in [5, 5.41) is 1.06. The first-order chi connectivity index (χ1) is 15.0. The number of fused-ring (bicyclic) bond motifs is 1. The van der Waals surface area contributed by atoms with E-state index in [9.17, 15) is 13.3 Å². The zero-order valence-electron chi connectivity index (χ0n) is 17.3. The minimum Gasteiger partial charge on any atom is -0.308 e. The van der Waals surface area contributed by atoms with Crippen LogP contribution in [0, 0.1) is 11.6 Å². The third-order valence-electron chi connectivity index (χ3n) is 5.18. The molecule has 0 aliphatic heterocycles. The maximum absolute atomic E-state index is 14.0. The molecule has 3 nitrogen and oxygen atoms in total. The number of halogens is 2. The first-order valence-corrected chi connectivity index (χ1v) is 12.6. The van der Waals surface area contributed by atoms with Crippen molar-refractivity contribution in [2.24, 2.45) is 0 Å². The monoisotopic (exact) mass is 460 g/mol. The summed E-state index contributed by atoms with van der Waals surface area (Å²) in [6.45, 7) is 3.97. The lowest BCUT2D eigenvalue weighted by Crippen LogP contribution is -2.11. The van der Waals surface area contributed by atoms with Crippen molar-refractivity contribution in [2.45, 2.75) is 25.9 Å². The van der Waals surface area contributed by atoms with Crippen LogP contribution >= 0.6 is 18.9 Å². The van der Waals surface area contributed by atoms with Gasteiger partial charge in [-0.3, -0.25) is 4.57 Å². The quantitative estimate of drug-likeness (QED) is 0.307. The maximum Gasteiger partial charge on any atom is 0.339 e. The molecule has 0 N–H and O–H groups in total. The summed E-state index contributed by atoms with van der Waals surface area (Å²) in [6.07, 6.45) is 6.18. The van der Waals surface area contributed by atoms with Gasteiger partial charge in [-0.1, -0.05) is 42.5 Å². The van der Waals surface area contributed by atoms with Crippen molar-refractivity contribution >= 4 is 34.6 Å². The molecule has 1 aromatic heterocycles. The molecule has 0 bridgehead atoms. The van der Waals surface area contributed by atoms with E-state index in [1.807, 2.05) is 42.5 Å². The average Bonchev–Trinajstić information content (AvgIpc) is 3.06. The van der Waals surface area contributed by atoms with Gasteiger partial charge in [0.15, 0.2) is 11.6 Å². The van der Waals surface area contributed by atoms with Crippen LogP contribution in [0.25, 0.3) is 15.7 Å². The summed E-state index contributed by atoms with van der Waals surface area (Å²) in [5.74, 6) is -1.84. The van der Waals surface area contributed by atoms with Crippen molar-refractivity contribution in [1.29, 1.82) is 0 Å². The molecular weight excluding hydrogens is 437 g/mol. The van der Waals surface area contributed by atoms with Crippen LogP contribution in [0.5, 0.6) is 0 Å². The van der Waals surface area contributed by atoms with Gasteiger partial charge in [0, 0.05) is 20.5 Å². The number of benzene rings is 2. The molecule has 7 heteroatoms. The molecule has 3 aromatic rings. The molecule has 1 heterocycles. The number of thiophene rings is 1. The predicted molar refractivity (Wildman–Crippen MR) is 123 cm³/mol. The maximum atomic E-state index is 14.0. The second-order valence-corrected chi connectivity index (χ2v) is 10.5. The Morgan fingerprint density at radius 2 is 1.74 bits per heavy atom. The summed E-state index contributed by atoms with van der Waals surface area (Å²) in [7, 11) is -3.61. The summed E-state index contributed by atoms with van der Waals surface area (Å²) in [6, 6.07) is 11.8. The number of allylic oxidation sites excluding steroid dienone is 4. The van der Waals surface area contributed by atoms with Gasteiger partial charge in [-0.2, -0.15) is 0 Å². The number of hydrogen-bond donors (Lipinski definition) is 0. The summed E-state index contributed by atoms with van der Waals surface area (Å²) < 4.78 is 53.9. The molecule has 1 atom stereocenters. The zero-order chi connectivity index (χ0) is 22.0. The van der Waals surface area contributed by atoms with E-state index >= 15 is 0 Å². The summed E-state index contributed by atoms with van der Waals surface area (Å²) in [4.78, 5) is 0.867. The Balaban J connectivity index is 1.90. The normalized spacial score (nSPS) is 14.5. The lowest BCUT2D eigenvalue weighted by molar-refractivity contribution is 0.212. The molecule has 2 aromatic carbocycles. The van der Waals surface area contributed by atoms with E-state index in [1.54, 1.807) is 25.2 Å². The van der Waals surface area contributed by atoms with E-state index in [4.69, 9.17) is 9.05 Å². The predicted octanol–water partition coefficient (Wildman–Crippen LogP) is 7.68. The fourth-order valence-corrected chi connectivity index (χ4v) is 7.53. The topological polar surface area (TPSA) is 35.5 Å². The van der Waals surface area contributed by atoms with E-state index in [0.717, 1.165) is 38.2 Å². The second-order valence-electron chi connectivity index (χ2n) is 7.16. The van der Waals surface area contributed by atoms with Crippen molar-refractivity contribution in [2.75, 3.05) is 13.2 Å². The van der Waals surface area contributed by atoms with Crippen LogP contribution < -0.4 is 0 Å². The van der Waals surface area contributed by atoms with E-state index in [1.165, 1.54) is 6.07 Å². The highest BCUT2D eigenvalue weighted by Crippen LogP contribution is 2.64. The Hall–Kier alpha value is -2.11. The molecule has 162 valence electrons. The smallest absolute Gasteiger partial charge is 0.308 e. The third kappa shape index (κ3) is 4.31. The van der Waals surface area contributed by atoms with Crippen LogP contribution in [0.3, 0.4) is 0 Å². The number of hydrogen-bond acceptors (Lipinski definition) is 4. The Morgan fingerprint density at radius 1 is 1.03 bits per heavy atom. The van der Waals surface area contributed by atoms with E-state index in [-0.39, 0.29) is 19.6 Å². The SMILES string of the molecule is CCOP(=O)(OCC)C(Cc1ccc(F)c(F)c1)c1sc2ccccc2c1C1=CC=C1. The molecule has 0 saturated heterocycles. The molecule has 1 aliphatic carbocycles. The lowest BCUT2D eigenvalue weighted by Gasteiger charge is -2.27.